The average molecular weight is 242 g/mol. The van der Waals surface area contributed by atoms with Crippen molar-refractivity contribution in [2.24, 2.45) is 0 Å². The number of rotatable bonds is 3. The molecule has 0 fully saturated rings. The molecule has 3 nitrogen and oxygen atoms in total. The largest absolute Gasteiger partial charge is 0.486 e. The number of hydrogen-bond acceptors (Lipinski definition) is 4. The molecule has 0 aliphatic rings. The quantitative estimate of drug-likeness (QED) is 0.707. The molecule has 0 aliphatic heterocycles. The van der Waals surface area contributed by atoms with Gasteiger partial charge >= 0.3 is 0 Å². The van der Waals surface area contributed by atoms with Crippen LogP contribution in [0.3, 0.4) is 0 Å². The zero-order chi connectivity index (χ0) is 11.5. The van der Waals surface area contributed by atoms with E-state index in [1.165, 1.54) is 0 Å². The van der Waals surface area contributed by atoms with Crippen LogP contribution in [-0.2, 0) is 6.61 Å². The second kappa shape index (κ2) is 4.51. The van der Waals surface area contributed by atoms with Gasteiger partial charge in [-0.15, -0.1) is 11.3 Å². The van der Waals surface area contributed by atoms with Gasteiger partial charge in [0.2, 0.25) is 0 Å². The van der Waals surface area contributed by atoms with Gasteiger partial charge in [-0.3, -0.25) is 0 Å². The molecule has 0 saturated heterocycles. The highest BCUT2D eigenvalue weighted by molar-refractivity contribution is 7.17. The van der Waals surface area contributed by atoms with E-state index in [1.807, 2.05) is 48.0 Å². The minimum atomic E-state index is 0.399. The van der Waals surface area contributed by atoms with Gasteiger partial charge < -0.3 is 4.74 Å². The Balaban J connectivity index is 1.76. The van der Waals surface area contributed by atoms with Crippen molar-refractivity contribution in [3.63, 3.8) is 0 Å². The van der Waals surface area contributed by atoms with E-state index in [-0.39, 0.29) is 0 Å². The summed E-state index contributed by atoms with van der Waals surface area (Å²) in [7, 11) is 0. The molecule has 4 heteroatoms. The molecule has 0 spiro atoms. The van der Waals surface area contributed by atoms with E-state index >= 15 is 0 Å². The van der Waals surface area contributed by atoms with Gasteiger partial charge in [0.05, 0.1) is 10.2 Å². The van der Waals surface area contributed by atoms with E-state index in [9.17, 15) is 0 Å². The fraction of sp³-hybridized carbons (Fsp3) is 0.0769. The molecule has 2 aromatic heterocycles. The predicted octanol–water partition coefficient (Wildman–Crippen LogP) is 3.27. The molecule has 0 amide bonds. The van der Waals surface area contributed by atoms with Gasteiger partial charge in [-0.1, -0.05) is 18.2 Å². The minimum absolute atomic E-state index is 0.399. The maximum Gasteiger partial charge on any atom is 0.166 e. The van der Waals surface area contributed by atoms with E-state index in [2.05, 4.69) is 9.97 Å². The number of hydrogen-bond donors (Lipinski definition) is 0. The summed E-state index contributed by atoms with van der Waals surface area (Å²) in [6.07, 6.45) is 1.84. The molecule has 0 aliphatic carbocycles. The molecule has 3 rings (SSSR count). The Bertz CT molecular complexity index is 621. The summed E-state index contributed by atoms with van der Waals surface area (Å²) in [5.41, 5.74) is 0.983. The summed E-state index contributed by atoms with van der Waals surface area (Å²) < 4.78 is 6.70. The standard InChI is InChI=1S/C13H10N2OS/c1-2-4-10(5-3-1)16-9-13-14-8-12-11(15-13)6-7-17-12/h1-8H,9H2. The Hall–Kier alpha value is -1.94. The molecule has 0 N–H and O–H groups in total. The number of thiophene rings is 1. The Morgan fingerprint density at radius 1 is 1.12 bits per heavy atom. The predicted molar refractivity (Wildman–Crippen MR) is 68.2 cm³/mol. The molecule has 2 heterocycles. The Morgan fingerprint density at radius 2 is 2.00 bits per heavy atom. The third kappa shape index (κ3) is 2.26. The molecule has 3 aromatic rings. The second-order valence-corrected chi connectivity index (χ2v) is 4.51. The fourth-order valence-corrected chi connectivity index (χ4v) is 2.23. The van der Waals surface area contributed by atoms with Gasteiger partial charge in [0, 0.05) is 6.20 Å². The lowest BCUT2D eigenvalue weighted by molar-refractivity contribution is 0.296. The number of nitrogens with zero attached hydrogens (tertiary/aromatic N) is 2. The molecule has 0 unspecified atom stereocenters. The monoisotopic (exact) mass is 242 g/mol. The van der Waals surface area contributed by atoms with Crippen LogP contribution in [0.4, 0.5) is 0 Å². The van der Waals surface area contributed by atoms with Crippen molar-refractivity contribution in [3.8, 4) is 5.75 Å². The molecule has 0 atom stereocenters. The molecule has 0 saturated carbocycles. The minimum Gasteiger partial charge on any atom is -0.486 e. The molecular weight excluding hydrogens is 232 g/mol. The zero-order valence-electron chi connectivity index (χ0n) is 9.04. The zero-order valence-corrected chi connectivity index (χ0v) is 9.85. The van der Waals surface area contributed by atoms with E-state index in [4.69, 9.17) is 4.74 Å². The van der Waals surface area contributed by atoms with Gasteiger partial charge in [-0.05, 0) is 23.6 Å². The van der Waals surface area contributed by atoms with Crippen molar-refractivity contribution in [1.29, 1.82) is 0 Å². The Labute approximate surface area is 103 Å². The topological polar surface area (TPSA) is 35.0 Å². The average Bonchev–Trinajstić information content (AvgIpc) is 2.85. The van der Waals surface area contributed by atoms with E-state index < -0.39 is 0 Å². The molecule has 17 heavy (non-hydrogen) atoms. The van der Waals surface area contributed by atoms with Gasteiger partial charge in [-0.25, -0.2) is 9.97 Å². The van der Waals surface area contributed by atoms with Gasteiger partial charge in [0.1, 0.15) is 12.4 Å². The van der Waals surface area contributed by atoms with Crippen LogP contribution in [0.25, 0.3) is 10.2 Å². The van der Waals surface area contributed by atoms with Crippen molar-refractivity contribution in [3.05, 3.63) is 53.8 Å². The van der Waals surface area contributed by atoms with Crippen LogP contribution < -0.4 is 4.74 Å². The Kier molecular flexibility index (Phi) is 2.71. The van der Waals surface area contributed by atoms with Crippen molar-refractivity contribution in [2.75, 3.05) is 0 Å². The number of benzene rings is 1. The van der Waals surface area contributed by atoms with Crippen LogP contribution in [0.2, 0.25) is 0 Å². The van der Waals surface area contributed by atoms with Gasteiger partial charge in [0.25, 0.3) is 0 Å². The lowest BCUT2D eigenvalue weighted by Crippen LogP contribution is -2.00. The maximum absolute atomic E-state index is 5.60. The maximum atomic E-state index is 5.60. The summed E-state index contributed by atoms with van der Waals surface area (Å²) in [5.74, 6) is 1.54. The van der Waals surface area contributed by atoms with Gasteiger partial charge in [0.15, 0.2) is 5.82 Å². The van der Waals surface area contributed by atoms with Crippen molar-refractivity contribution >= 4 is 21.6 Å². The first-order valence-electron chi connectivity index (χ1n) is 5.29. The fourth-order valence-electron chi connectivity index (χ4n) is 1.54. The van der Waals surface area contributed by atoms with Crippen molar-refractivity contribution in [2.45, 2.75) is 6.61 Å². The van der Waals surface area contributed by atoms with E-state index in [1.54, 1.807) is 11.3 Å². The third-order valence-corrected chi connectivity index (χ3v) is 3.21. The highest BCUT2D eigenvalue weighted by Gasteiger charge is 2.01. The summed E-state index contributed by atoms with van der Waals surface area (Å²) in [4.78, 5) is 8.69. The SMILES string of the molecule is c1ccc(OCc2ncc3sccc3n2)cc1. The first kappa shape index (κ1) is 10.2. The van der Waals surface area contributed by atoms with Crippen LogP contribution in [0.5, 0.6) is 5.75 Å². The summed E-state index contributed by atoms with van der Waals surface area (Å²) in [6.45, 7) is 0.399. The van der Waals surface area contributed by atoms with Crippen LogP contribution >= 0.6 is 11.3 Å². The smallest absolute Gasteiger partial charge is 0.166 e. The molecule has 0 radical (unpaired) electrons. The molecule has 1 aromatic carbocycles. The Morgan fingerprint density at radius 3 is 2.88 bits per heavy atom. The van der Waals surface area contributed by atoms with Crippen LogP contribution in [0.1, 0.15) is 5.82 Å². The van der Waals surface area contributed by atoms with Crippen LogP contribution in [0, 0.1) is 0 Å². The first-order chi connectivity index (χ1) is 8.42. The normalized spacial score (nSPS) is 10.6. The highest BCUT2D eigenvalue weighted by atomic mass is 32.1. The molecule has 0 bridgehead atoms. The van der Waals surface area contributed by atoms with E-state index in [0.717, 1.165) is 16.0 Å². The third-order valence-electron chi connectivity index (χ3n) is 2.36. The number of aromatic nitrogens is 2. The lowest BCUT2D eigenvalue weighted by Gasteiger charge is -2.04. The van der Waals surface area contributed by atoms with Gasteiger partial charge in [-0.2, -0.15) is 0 Å². The molecule has 84 valence electrons. The summed E-state index contributed by atoms with van der Waals surface area (Å²) in [6, 6.07) is 11.7. The number of ether oxygens (including phenoxy) is 1. The van der Waals surface area contributed by atoms with E-state index in [0.29, 0.717) is 12.4 Å². The number of para-hydroxylation sites is 1. The van der Waals surface area contributed by atoms with Crippen molar-refractivity contribution in [1.82, 2.24) is 9.97 Å². The summed E-state index contributed by atoms with van der Waals surface area (Å²) >= 11 is 1.64. The number of fused-ring (bicyclic) bond motifs is 1. The van der Waals surface area contributed by atoms with Crippen LogP contribution in [0.15, 0.2) is 48.0 Å². The van der Waals surface area contributed by atoms with Crippen LogP contribution in [-0.4, -0.2) is 9.97 Å². The lowest BCUT2D eigenvalue weighted by atomic mass is 10.3. The highest BCUT2D eigenvalue weighted by Crippen LogP contribution is 2.17. The molecular formula is C13H10N2OS. The first-order valence-corrected chi connectivity index (χ1v) is 6.17. The summed E-state index contributed by atoms with van der Waals surface area (Å²) in [5, 5.41) is 2.02. The van der Waals surface area contributed by atoms with Crippen molar-refractivity contribution < 1.29 is 4.74 Å². The second-order valence-electron chi connectivity index (χ2n) is 3.56.